The predicted molar refractivity (Wildman–Crippen MR) is 322 cm³/mol. The van der Waals surface area contributed by atoms with Crippen molar-refractivity contribution in [2.75, 3.05) is 32.1 Å². The van der Waals surface area contributed by atoms with Crippen LogP contribution in [0.25, 0.3) is 0 Å². The van der Waals surface area contributed by atoms with Crippen LogP contribution < -0.4 is 75.9 Å². The van der Waals surface area contributed by atoms with E-state index in [0.717, 1.165) is 20.1 Å². The first-order chi connectivity index (χ1) is 43.4. The van der Waals surface area contributed by atoms with E-state index in [0.29, 0.717) is 5.56 Å². The smallest absolute Gasteiger partial charge is 0.495 e. The summed E-state index contributed by atoms with van der Waals surface area (Å²) < 4.78 is 59.0. The SMILES string of the molecule is CC[C@H](C)[C@H](NC(=O)[C@@H](CCCN=C(N)N)NC(=O)[C@H](CC(C)C)NC(=O)[C@@H](N)[C@H](O)C(C)C)C(=O)N[C@H](C(=O)NCC(=O)N[C@H](C(=O)N[C@@H](COC(=O)C(F)(F)F)C(=O)Nc1cc(C[C@@H](N)C(=O)OC(=O)OCc2ccccc2)ccc1OC)[C@H](O)C(N)=O)[C@H](C)O. The number of hydrogen-bond donors (Lipinski definition) is 16. The van der Waals surface area contributed by atoms with Crippen LogP contribution in [0.3, 0.4) is 0 Å². The number of nitrogens with one attached hydrogen (secondary N) is 8. The zero-order valence-corrected chi connectivity index (χ0v) is 52.4. The number of amides is 9. The number of guanidine groups is 1. The summed E-state index contributed by atoms with van der Waals surface area (Å²) >= 11 is 0. The van der Waals surface area contributed by atoms with E-state index in [9.17, 15) is 86.0 Å². The first kappa shape index (κ1) is 79.8. The summed E-state index contributed by atoms with van der Waals surface area (Å²) in [7, 11) is 1.12. The number of nitrogens with zero attached hydrogens (tertiary/aromatic N) is 1. The number of anilines is 1. The minimum atomic E-state index is -5.65. The van der Waals surface area contributed by atoms with Gasteiger partial charge in [0.2, 0.25) is 47.3 Å². The van der Waals surface area contributed by atoms with Crippen molar-refractivity contribution in [1.82, 2.24) is 37.2 Å². The Morgan fingerprint density at radius 1 is 0.667 bits per heavy atom. The number of aliphatic hydroxyl groups excluding tert-OH is 3. The van der Waals surface area contributed by atoms with Gasteiger partial charge in [0.05, 0.1) is 31.5 Å². The molecule has 2 aromatic carbocycles. The van der Waals surface area contributed by atoms with E-state index in [1.807, 2.05) is 10.6 Å². The average molecular weight is 1330 g/mol. The standard InChI is InChI=1S/C57H85F3N14O19/c1-9-28(6)40(73-46(80)33(16-13-19-66-55(64)65)68-47(81)35(20-26(2)3)70-49(83)39(62)43(77)27(4)5)51(85)74-41(29(7)75)50(84)67-23-38(76)72-42(44(78)45(63)79)52(86)71-36(25-91-54(88)57(58,59)60)48(82)69-34-22-31(17-18-37(34)90-8)21-32(61)53(87)93-56(89)92-24-30-14-11-10-12-15-30/h10-12,14-15,17-18,22,26-29,32-33,35-36,39-44,75,77-78H,9,13,16,19-21,23-25,61-62H2,1-8H3,(H2,63,79)(H,67,84)(H,68,81)(H,69,82)(H,70,83)(H,71,86)(H,72,76)(H,73,80)(H,74,85)(H4,64,65,66)/t28-,29-,32+,33+,35-,36-,39-,40-,41-,42-,43+,44-/m0/s1. The first-order valence-electron chi connectivity index (χ1n) is 29.1. The Kier molecular flexibility index (Phi) is 33.1. The van der Waals surface area contributed by atoms with Crippen molar-refractivity contribution in [3.63, 3.8) is 0 Å². The largest absolute Gasteiger partial charge is 0.516 e. The van der Waals surface area contributed by atoms with Crippen molar-refractivity contribution in [1.29, 1.82) is 0 Å². The van der Waals surface area contributed by atoms with Crippen molar-refractivity contribution in [2.24, 2.45) is 51.4 Å². The molecule has 0 bridgehead atoms. The minimum absolute atomic E-state index is 0.0175. The Bertz CT molecular complexity index is 2940. The molecule has 93 heavy (non-hydrogen) atoms. The van der Waals surface area contributed by atoms with E-state index >= 15 is 0 Å². The number of rotatable bonds is 37. The maximum atomic E-state index is 14.2. The Morgan fingerprint density at radius 3 is 1.82 bits per heavy atom. The number of hydrogen-bond acceptors (Lipinski definition) is 22. The fourth-order valence-electron chi connectivity index (χ4n) is 8.27. The summed E-state index contributed by atoms with van der Waals surface area (Å²) in [6.45, 7) is 7.90. The zero-order chi connectivity index (χ0) is 70.6. The Morgan fingerprint density at radius 2 is 1.26 bits per heavy atom. The lowest BCUT2D eigenvalue weighted by Gasteiger charge is -2.30. The van der Waals surface area contributed by atoms with Gasteiger partial charge in [-0.05, 0) is 73.6 Å². The molecule has 0 fully saturated rings. The molecule has 0 radical (unpaired) electrons. The van der Waals surface area contributed by atoms with Crippen LogP contribution in [0.2, 0.25) is 0 Å². The van der Waals surface area contributed by atoms with E-state index in [4.69, 9.17) is 38.1 Å². The van der Waals surface area contributed by atoms with Gasteiger partial charge in [0.15, 0.2) is 12.1 Å². The number of carbonyl (C=O) groups excluding carboxylic acids is 12. The van der Waals surface area contributed by atoms with Crippen LogP contribution in [0.15, 0.2) is 53.5 Å². The monoisotopic (exact) mass is 1330 g/mol. The highest BCUT2D eigenvalue weighted by atomic mass is 19.4. The van der Waals surface area contributed by atoms with Crippen molar-refractivity contribution < 1.29 is 105 Å². The molecule has 0 spiro atoms. The lowest BCUT2D eigenvalue weighted by Crippen LogP contribution is -2.62. The summed E-state index contributed by atoms with van der Waals surface area (Å²) in [5.41, 5.74) is 28.5. The van der Waals surface area contributed by atoms with Gasteiger partial charge < -0.3 is 105 Å². The first-order valence-corrected chi connectivity index (χ1v) is 29.1. The minimum Gasteiger partial charge on any atom is -0.495 e. The molecule has 0 aromatic heterocycles. The number of nitrogens with two attached hydrogens (primary N) is 5. The van der Waals surface area contributed by atoms with Crippen LogP contribution >= 0.6 is 0 Å². The molecule has 0 unspecified atom stereocenters. The van der Waals surface area contributed by atoms with Crippen molar-refractivity contribution in [3.05, 3.63) is 59.7 Å². The summed E-state index contributed by atoms with van der Waals surface area (Å²) in [5.74, 6) is -17.3. The lowest BCUT2D eigenvalue weighted by molar-refractivity contribution is -0.200. The molecule has 0 heterocycles. The van der Waals surface area contributed by atoms with Gasteiger partial charge >= 0.3 is 24.3 Å². The Balaban J connectivity index is 2.37. The van der Waals surface area contributed by atoms with Crippen LogP contribution in [-0.4, -0.2) is 192 Å². The van der Waals surface area contributed by atoms with Gasteiger partial charge in [-0.1, -0.05) is 84.4 Å². The molecular formula is C57H85F3N14O19. The molecule has 2 aromatic rings. The van der Waals surface area contributed by atoms with Gasteiger partial charge in [-0.3, -0.25) is 48.1 Å². The molecule has 0 saturated carbocycles. The number of primary amides is 1. The second-order valence-corrected chi connectivity index (χ2v) is 22.1. The molecule has 33 nitrogen and oxygen atoms in total. The van der Waals surface area contributed by atoms with Crippen molar-refractivity contribution >= 4 is 82.9 Å². The number of aliphatic hydroxyl groups is 3. The average Bonchev–Trinajstić information content (AvgIpc) is 0.928. The van der Waals surface area contributed by atoms with E-state index in [1.54, 1.807) is 65.0 Å². The number of esters is 2. The summed E-state index contributed by atoms with van der Waals surface area (Å²) in [6, 6.07) is -2.04. The molecule has 2 rings (SSSR count). The van der Waals surface area contributed by atoms with E-state index in [1.165, 1.54) is 19.1 Å². The van der Waals surface area contributed by atoms with Crippen molar-refractivity contribution in [2.45, 2.75) is 160 Å². The van der Waals surface area contributed by atoms with E-state index < -0.39 is 175 Å². The maximum absolute atomic E-state index is 14.2. The third-order valence-electron chi connectivity index (χ3n) is 13.7. The molecular weight excluding hydrogens is 1240 g/mol. The number of halogens is 3. The highest BCUT2D eigenvalue weighted by Gasteiger charge is 2.43. The molecule has 36 heteroatoms. The van der Waals surface area contributed by atoms with Crippen LogP contribution in [0.1, 0.15) is 85.3 Å². The fourth-order valence-corrected chi connectivity index (χ4v) is 8.27. The summed E-state index contributed by atoms with van der Waals surface area (Å²) in [6.07, 6.45) is -13.0. The van der Waals surface area contributed by atoms with Gasteiger partial charge in [0, 0.05) is 6.54 Å². The van der Waals surface area contributed by atoms with Crippen molar-refractivity contribution in [3.8, 4) is 5.75 Å². The van der Waals surface area contributed by atoms with Gasteiger partial charge in [0.25, 0.3) is 5.91 Å². The number of methoxy groups -OCH3 is 1. The Hall–Kier alpha value is -9.26. The second kappa shape index (κ2) is 38.6. The number of aliphatic imine (C=N–C) groups is 1. The molecule has 0 saturated heterocycles. The zero-order valence-electron chi connectivity index (χ0n) is 52.4. The normalized spacial score (nSPS) is 15.2. The highest BCUT2D eigenvalue weighted by Crippen LogP contribution is 2.27. The molecule has 0 aliphatic heterocycles. The van der Waals surface area contributed by atoms with E-state index in [-0.39, 0.29) is 67.7 Å². The van der Waals surface area contributed by atoms with Crippen LogP contribution in [0, 0.1) is 17.8 Å². The second-order valence-electron chi connectivity index (χ2n) is 22.1. The maximum Gasteiger partial charge on any atom is 0.516 e. The quantitative estimate of drug-likeness (QED) is 0.0102. The van der Waals surface area contributed by atoms with Crippen LogP contribution in [0.5, 0.6) is 5.75 Å². The summed E-state index contributed by atoms with van der Waals surface area (Å²) in [5, 5.41) is 49.8. The van der Waals surface area contributed by atoms with Gasteiger partial charge in [-0.25, -0.2) is 14.4 Å². The third kappa shape index (κ3) is 27.6. The summed E-state index contributed by atoms with van der Waals surface area (Å²) in [4.78, 5) is 163. The number of benzene rings is 2. The lowest BCUT2D eigenvalue weighted by atomic mass is 9.96. The topological polar surface area (TPSA) is 541 Å². The molecule has 9 amide bonds. The number of ether oxygens (including phenoxy) is 4. The van der Waals surface area contributed by atoms with Gasteiger partial charge in [0.1, 0.15) is 67.3 Å². The van der Waals surface area contributed by atoms with Crippen LogP contribution in [0.4, 0.5) is 23.7 Å². The van der Waals surface area contributed by atoms with E-state index in [2.05, 4.69) is 46.4 Å². The Labute approximate surface area is 532 Å². The van der Waals surface area contributed by atoms with Gasteiger partial charge in [-0.15, -0.1) is 0 Å². The highest BCUT2D eigenvalue weighted by molar-refractivity contribution is 6.02. The molecule has 0 aliphatic carbocycles. The molecule has 12 atom stereocenters. The predicted octanol–water partition coefficient (Wildman–Crippen LogP) is -3.77. The van der Waals surface area contributed by atoms with Gasteiger partial charge in [-0.2, -0.15) is 13.2 Å². The number of carbonyl (C=O) groups is 12. The number of alkyl halides is 3. The molecule has 518 valence electrons. The molecule has 0 aliphatic rings. The fraction of sp³-hybridized carbons (Fsp3) is 0.561. The molecule has 21 N–H and O–H groups in total. The van der Waals surface area contributed by atoms with Crippen LogP contribution in [-0.2, 0) is 80.0 Å². The third-order valence-corrected chi connectivity index (χ3v) is 13.7.